The van der Waals surface area contributed by atoms with E-state index in [1.165, 1.54) is 14.0 Å². The van der Waals surface area contributed by atoms with Crippen molar-refractivity contribution in [2.24, 2.45) is 0 Å². The van der Waals surface area contributed by atoms with Gasteiger partial charge in [-0.05, 0) is 46.2 Å². The molecular weight excluding hydrogens is 675 g/mol. The third-order valence-electron chi connectivity index (χ3n) is 9.47. The highest BCUT2D eigenvalue weighted by molar-refractivity contribution is 6.01. The lowest BCUT2D eigenvalue weighted by Crippen LogP contribution is -2.39. The van der Waals surface area contributed by atoms with Crippen LogP contribution in [0.15, 0.2) is 24.5 Å². The van der Waals surface area contributed by atoms with Crippen LogP contribution in [-0.2, 0) is 6.18 Å². The summed E-state index contributed by atoms with van der Waals surface area (Å²) in [6, 6.07) is 3.07. The minimum Gasteiger partial charge on any atom is -0.475 e. The molecule has 4 atom stereocenters. The topological polar surface area (TPSA) is 144 Å². The van der Waals surface area contributed by atoms with Gasteiger partial charge in [-0.15, -0.1) is 0 Å². The molecule has 0 bridgehead atoms. The van der Waals surface area contributed by atoms with E-state index < -0.39 is 41.0 Å². The quantitative estimate of drug-likeness (QED) is 0.184. The predicted octanol–water partition coefficient (Wildman–Crippen LogP) is 6.59. The number of hydrogen-bond acceptors (Lipinski definition) is 11. The Morgan fingerprint density at radius 1 is 1.18 bits per heavy atom. The summed E-state index contributed by atoms with van der Waals surface area (Å²) in [5, 5.41) is 6.39. The summed E-state index contributed by atoms with van der Waals surface area (Å²) in [6.45, 7) is 10.8. The molecule has 0 aromatic carbocycles. The second kappa shape index (κ2) is 14.0. The third-order valence-corrected chi connectivity index (χ3v) is 9.47. The summed E-state index contributed by atoms with van der Waals surface area (Å²) >= 11 is 0. The molecule has 3 unspecified atom stereocenters. The highest BCUT2D eigenvalue weighted by atomic mass is 19.4. The van der Waals surface area contributed by atoms with E-state index in [-0.39, 0.29) is 58.0 Å². The summed E-state index contributed by atoms with van der Waals surface area (Å²) in [6.07, 6.45) is -0.889. The lowest BCUT2D eigenvalue weighted by Gasteiger charge is -2.34. The second-order valence-corrected chi connectivity index (χ2v) is 12.6. The van der Waals surface area contributed by atoms with E-state index >= 15 is 4.39 Å². The Balaban J connectivity index is 0.000000388. The Morgan fingerprint density at radius 3 is 2.59 bits per heavy atom. The molecule has 1 saturated heterocycles. The number of nitrogens with one attached hydrogen (secondary N) is 1. The minimum absolute atomic E-state index is 0.0407. The Morgan fingerprint density at radius 2 is 1.94 bits per heavy atom. The van der Waals surface area contributed by atoms with E-state index in [1.807, 2.05) is 24.8 Å². The van der Waals surface area contributed by atoms with Crippen molar-refractivity contribution in [3.05, 3.63) is 47.2 Å². The molecule has 0 saturated carbocycles. The van der Waals surface area contributed by atoms with Gasteiger partial charge in [0.15, 0.2) is 11.5 Å². The fourth-order valence-corrected chi connectivity index (χ4v) is 7.05. The van der Waals surface area contributed by atoms with Crippen molar-refractivity contribution in [2.45, 2.75) is 77.9 Å². The number of methoxy groups -OCH3 is 1. The van der Waals surface area contributed by atoms with Gasteiger partial charge in [-0.2, -0.15) is 28.2 Å². The van der Waals surface area contributed by atoms with Crippen molar-refractivity contribution < 1.29 is 31.4 Å². The van der Waals surface area contributed by atoms with Crippen LogP contribution in [0, 0.1) is 12.7 Å². The molecule has 2 aliphatic rings. The first-order chi connectivity index (χ1) is 24.3. The number of aromatic nitrogens is 7. The predicted molar refractivity (Wildman–Crippen MR) is 182 cm³/mol. The average Bonchev–Trinajstić information content (AvgIpc) is 3.69. The maximum Gasteiger partial charge on any atom is 0.418 e. The van der Waals surface area contributed by atoms with Crippen molar-refractivity contribution in [2.75, 3.05) is 37.4 Å². The number of aryl methyl sites for hydroxylation is 1. The van der Waals surface area contributed by atoms with Crippen molar-refractivity contribution in [1.82, 2.24) is 40.0 Å². The van der Waals surface area contributed by atoms with Crippen LogP contribution in [0.2, 0.25) is 0 Å². The second-order valence-electron chi connectivity index (χ2n) is 12.6. The van der Waals surface area contributed by atoms with Crippen molar-refractivity contribution in [3.8, 4) is 23.1 Å². The molecule has 0 radical (unpaired) electrons. The number of nitrogens with two attached hydrogens (primary N) is 1. The zero-order valence-electron chi connectivity index (χ0n) is 29.0. The largest absolute Gasteiger partial charge is 0.475 e. The van der Waals surface area contributed by atoms with Crippen LogP contribution in [0.1, 0.15) is 63.4 Å². The fraction of sp³-hybridized carbons (Fsp3) is 0.471. The molecular formula is C34H39F5N10O2. The number of ether oxygens (including phenoxy) is 2. The Labute approximate surface area is 290 Å². The smallest absolute Gasteiger partial charge is 0.418 e. The van der Waals surface area contributed by atoms with E-state index in [0.29, 0.717) is 24.0 Å². The van der Waals surface area contributed by atoms with Crippen LogP contribution in [-0.4, -0.2) is 85.1 Å². The average molecular weight is 715 g/mol. The SMILES string of the molecule is CCC1CC(F)CN1CC.COc1nc2c3c(nc(-c4c(C(F)(F)F)c(C)nc5[nH]ncc45)c(F)c3n1)OC[C@H](C)N2C(C)c1cccnc1N. The number of alkyl halides is 4. The number of likely N-dealkylation sites (tertiary alicyclic amines) is 1. The number of H-pyrrole nitrogens is 1. The first-order valence-corrected chi connectivity index (χ1v) is 16.6. The van der Waals surface area contributed by atoms with Crippen LogP contribution in [0.3, 0.4) is 0 Å². The standard InChI is InChI=1S/C26H23F4N9O2.C8H16FN/c1-10-9-41-24-16-20(36-25(40-4)37-23(16)39(10)12(3)13-6-5-7-32-21(13)31)18(27)19(35-24)15-14-8-33-38-22(14)34-11(2)17(15)26(28,29)30;1-3-8-5-7(9)6-10(8)4-2/h5-8,10,12H,9H2,1-4H3,(H2,31,32)(H,33,34,38);7-8H,3-6H2,1-2H3/t10-,12?;/m0./s1. The van der Waals surface area contributed by atoms with Crippen molar-refractivity contribution in [3.63, 3.8) is 0 Å². The third kappa shape index (κ3) is 6.54. The van der Waals surface area contributed by atoms with Crippen molar-refractivity contribution in [1.29, 1.82) is 0 Å². The lowest BCUT2D eigenvalue weighted by atomic mass is 9.98. The molecule has 0 amide bonds. The van der Waals surface area contributed by atoms with Crippen LogP contribution >= 0.6 is 0 Å². The van der Waals surface area contributed by atoms with E-state index in [2.05, 4.69) is 53.9 Å². The number of fused-ring (bicyclic) bond motifs is 1. The van der Waals surface area contributed by atoms with Gasteiger partial charge in [-0.25, -0.2) is 23.7 Å². The van der Waals surface area contributed by atoms with Crippen LogP contribution in [0.4, 0.5) is 33.6 Å². The van der Waals surface area contributed by atoms with Crippen molar-refractivity contribution >= 4 is 33.6 Å². The maximum absolute atomic E-state index is 16.5. The lowest BCUT2D eigenvalue weighted by molar-refractivity contribution is -0.137. The van der Waals surface area contributed by atoms with Crippen LogP contribution in [0.5, 0.6) is 11.9 Å². The Bertz CT molecular complexity index is 2050. The fourth-order valence-electron chi connectivity index (χ4n) is 7.05. The van der Waals surface area contributed by atoms with E-state index in [9.17, 15) is 17.6 Å². The molecule has 12 nitrogen and oxygen atoms in total. The molecule has 2 aliphatic heterocycles. The van der Waals surface area contributed by atoms with E-state index in [4.69, 9.17) is 15.2 Å². The minimum atomic E-state index is -4.88. The van der Waals surface area contributed by atoms with Gasteiger partial charge in [0.2, 0.25) is 5.88 Å². The molecule has 3 N–H and O–H groups in total. The Hall–Kier alpha value is -4.93. The molecule has 7 rings (SSSR count). The summed E-state index contributed by atoms with van der Waals surface area (Å²) in [4.78, 5) is 25.3. The van der Waals surface area contributed by atoms with E-state index in [0.717, 1.165) is 25.6 Å². The number of nitrogens with zero attached hydrogens (tertiary/aromatic N) is 8. The van der Waals surface area contributed by atoms with Gasteiger partial charge in [0, 0.05) is 35.3 Å². The summed E-state index contributed by atoms with van der Waals surface area (Å²) < 4.78 is 83.8. The molecule has 272 valence electrons. The first-order valence-electron chi connectivity index (χ1n) is 16.6. The summed E-state index contributed by atoms with van der Waals surface area (Å²) in [5.41, 5.74) is 3.90. The number of aromatic amines is 1. The highest BCUT2D eigenvalue weighted by Gasteiger charge is 2.41. The molecule has 17 heteroatoms. The number of nitrogen functional groups attached to an aromatic ring is 1. The van der Waals surface area contributed by atoms with Gasteiger partial charge in [-0.3, -0.25) is 10.00 Å². The first kappa shape index (κ1) is 35.9. The van der Waals surface area contributed by atoms with E-state index in [1.54, 1.807) is 12.3 Å². The van der Waals surface area contributed by atoms with Gasteiger partial charge < -0.3 is 20.1 Å². The van der Waals surface area contributed by atoms with Gasteiger partial charge in [-0.1, -0.05) is 19.9 Å². The zero-order valence-corrected chi connectivity index (χ0v) is 29.0. The normalized spacial score (nSPS) is 19.8. The van der Waals surface area contributed by atoms with Gasteiger partial charge in [0.05, 0.1) is 36.6 Å². The molecule has 0 aliphatic carbocycles. The summed E-state index contributed by atoms with van der Waals surface area (Å²) in [7, 11) is 1.31. The van der Waals surface area contributed by atoms with Gasteiger partial charge >= 0.3 is 12.2 Å². The van der Waals surface area contributed by atoms with Gasteiger partial charge in [0.1, 0.15) is 41.0 Å². The Kier molecular flexibility index (Phi) is 9.85. The van der Waals surface area contributed by atoms with Gasteiger partial charge in [0.25, 0.3) is 0 Å². The molecule has 0 spiro atoms. The monoisotopic (exact) mass is 714 g/mol. The maximum atomic E-state index is 16.5. The summed E-state index contributed by atoms with van der Waals surface area (Å²) in [5.74, 6) is -0.729. The van der Waals surface area contributed by atoms with Crippen LogP contribution in [0.25, 0.3) is 33.2 Å². The molecule has 1 fully saturated rings. The molecule has 5 aromatic rings. The number of anilines is 2. The number of halogens is 5. The molecule has 51 heavy (non-hydrogen) atoms. The van der Waals surface area contributed by atoms with Crippen LogP contribution < -0.4 is 20.1 Å². The number of hydrogen-bond donors (Lipinski definition) is 2. The molecule has 5 aromatic heterocycles. The highest BCUT2D eigenvalue weighted by Crippen LogP contribution is 2.47. The number of pyridine rings is 3. The zero-order chi connectivity index (χ0) is 36.8. The molecule has 7 heterocycles. The number of rotatable bonds is 6.